The van der Waals surface area contributed by atoms with Crippen LogP contribution in [0.15, 0.2) is 35.4 Å². The number of ether oxygens (including phenoxy) is 1. The summed E-state index contributed by atoms with van der Waals surface area (Å²) in [7, 11) is -2.43. The number of hydrogen-bond acceptors (Lipinski definition) is 4. The lowest BCUT2D eigenvalue weighted by molar-refractivity contribution is -0.0523. The van der Waals surface area contributed by atoms with Gasteiger partial charge in [-0.25, -0.2) is 26.3 Å². The highest BCUT2D eigenvalue weighted by Gasteiger charge is 2.38. The van der Waals surface area contributed by atoms with Crippen LogP contribution in [0.1, 0.15) is 29.9 Å². The molecule has 2 aromatic rings. The number of carbonyl (C=O) groups excluding carboxylic acids is 1. The Hall–Kier alpha value is -2.37. The summed E-state index contributed by atoms with van der Waals surface area (Å²) in [6.07, 6.45) is 1.26. The van der Waals surface area contributed by atoms with Crippen molar-refractivity contribution in [1.82, 2.24) is 9.29 Å². The van der Waals surface area contributed by atoms with Gasteiger partial charge in [-0.1, -0.05) is 0 Å². The monoisotopic (exact) mass is 431 g/mol. The fourth-order valence-corrected chi connectivity index (χ4v) is 4.34. The van der Waals surface area contributed by atoms with E-state index in [-0.39, 0.29) is 29.5 Å². The van der Waals surface area contributed by atoms with Gasteiger partial charge >= 0.3 is 0 Å². The minimum absolute atomic E-state index is 0.0190. The van der Waals surface area contributed by atoms with Gasteiger partial charge in [0.05, 0.1) is 24.3 Å². The lowest BCUT2D eigenvalue weighted by atomic mass is 10.0. The second kappa shape index (κ2) is 7.15. The number of halogens is 3. The molecule has 2 N–H and O–H groups in total. The van der Waals surface area contributed by atoms with Gasteiger partial charge in [-0.05, 0) is 31.2 Å². The maximum absolute atomic E-state index is 13.6. The lowest BCUT2D eigenvalue weighted by Crippen LogP contribution is -2.59. The smallest absolute Gasteiger partial charge is 0.273 e. The van der Waals surface area contributed by atoms with Crippen molar-refractivity contribution >= 4 is 21.6 Å². The van der Waals surface area contributed by atoms with Crippen LogP contribution in [0.25, 0.3) is 0 Å². The molecule has 0 aliphatic carbocycles. The molecule has 0 atom stereocenters. The van der Waals surface area contributed by atoms with E-state index in [1.807, 2.05) is 0 Å². The molecular formula is C18H20F3N3O4S. The molecule has 3 rings (SSSR count). The number of nitrogens with zero attached hydrogens (tertiary/aromatic N) is 1. The molecule has 0 unspecified atom stereocenters. The zero-order valence-corrected chi connectivity index (χ0v) is 16.7. The van der Waals surface area contributed by atoms with E-state index in [1.165, 1.54) is 23.9 Å². The molecule has 1 saturated heterocycles. The molecule has 1 aromatic carbocycles. The third kappa shape index (κ3) is 4.46. The first-order valence-electron chi connectivity index (χ1n) is 8.58. The predicted octanol–water partition coefficient (Wildman–Crippen LogP) is 2.60. The van der Waals surface area contributed by atoms with Crippen LogP contribution >= 0.6 is 0 Å². The third-order valence-electron chi connectivity index (χ3n) is 4.44. The largest absolute Gasteiger partial charge is 0.377 e. The Bertz CT molecular complexity index is 1060. The van der Waals surface area contributed by atoms with Gasteiger partial charge in [0.1, 0.15) is 16.4 Å². The number of aryl methyl sites for hydroxylation is 1. The van der Waals surface area contributed by atoms with Crippen molar-refractivity contribution < 1.29 is 31.1 Å². The first-order chi connectivity index (χ1) is 13.3. The Balaban J connectivity index is 1.82. The fraction of sp³-hybridized carbons (Fsp3) is 0.389. The maximum atomic E-state index is 13.6. The number of carbonyl (C=O) groups is 1. The Morgan fingerprint density at radius 3 is 2.48 bits per heavy atom. The van der Waals surface area contributed by atoms with E-state index in [4.69, 9.17) is 4.74 Å². The SMILES string of the molecule is Cn1cc(S(=O)(=O)NC2(C)COC2)cc1C(=O)Nc1ccc(F)c(C(C)(F)F)c1. The summed E-state index contributed by atoms with van der Waals surface area (Å²) < 4.78 is 74.5. The zero-order valence-electron chi connectivity index (χ0n) is 15.9. The average molecular weight is 431 g/mol. The van der Waals surface area contributed by atoms with Crippen LogP contribution in [0.2, 0.25) is 0 Å². The highest BCUT2D eigenvalue weighted by atomic mass is 32.2. The number of benzene rings is 1. The van der Waals surface area contributed by atoms with E-state index in [2.05, 4.69) is 10.0 Å². The summed E-state index contributed by atoms with van der Waals surface area (Å²) in [5, 5.41) is 2.38. The fourth-order valence-electron chi connectivity index (χ4n) is 2.89. The summed E-state index contributed by atoms with van der Waals surface area (Å²) in [6.45, 7) is 2.72. The third-order valence-corrected chi connectivity index (χ3v) is 6.05. The predicted molar refractivity (Wildman–Crippen MR) is 98.9 cm³/mol. The van der Waals surface area contributed by atoms with Gasteiger partial charge in [0.15, 0.2) is 0 Å². The van der Waals surface area contributed by atoms with Crippen molar-refractivity contribution in [1.29, 1.82) is 0 Å². The molecule has 1 aromatic heterocycles. The normalized spacial score (nSPS) is 16.3. The van der Waals surface area contributed by atoms with Crippen LogP contribution < -0.4 is 10.0 Å². The number of aromatic nitrogens is 1. The number of anilines is 1. The summed E-state index contributed by atoms with van der Waals surface area (Å²) in [5.41, 5.74) is -1.64. The Morgan fingerprint density at radius 2 is 1.93 bits per heavy atom. The van der Waals surface area contributed by atoms with Gasteiger partial charge in [0.25, 0.3) is 11.8 Å². The quantitative estimate of drug-likeness (QED) is 0.736. The molecular weight excluding hydrogens is 411 g/mol. The van der Waals surface area contributed by atoms with Crippen LogP contribution in [0, 0.1) is 5.82 Å². The first-order valence-corrected chi connectivity index (χ1v) is 10.1. The molecule has 158 valence electrons. The average Bonchev–Trinajstić information content (AvgIpc) is 2.97. The summed E-state index contributed by atoms with van der Waals surface area (Å²) >= 11 is 0. The molecule has 11 heteroatoms. The number of hydrogen-bond donors (Lipinski definition) is 2. The molecule has 29 heavy (non-hydrogen) atoms. The van der Waals surface area contributed by atoms with E-state index >= 15 is 0 Å². The van der Waals surface area contributed by atoms with E-state index in [0.29, 0.717) is 6.92 Å². The van der Waals surface area contributed by atoms with Crippen molar-refractivity contribution in [2.75, 3.05) is 18.5 Å². The Morgan fingerprint density at radius 1 is 1.28 bits per heavy atom. The molecule has 1 fully saturated rings. The highest BCUT2D eigenvalue weighted by molar-refractivity contribution is 7.89. The number of alkyl halides is 2. The van der Waals surface area contributed by atoms with E-state index < -0.39 is 38.8 Å². The van der Waals surface area contributed by atoms with E-state index in [0.717, 1.165) is 18.2 Å². The molecule has 2 heterocycles. The summed E-state index contributed by atoms with van der Waals surface area (Å²) in [6, 6.07) is 3.98. The maximum Gasteiger partial charge on any atom is 0.273 e. The molecule has 0 spiro atoms. The topological polar surface area (TPSA) is 89.4 Å². The second-order valence-corrected chi connectivity index (χ2v) is 9.05. The van der Waals surface area contributed by atoms with Gasteiger partial charge in [-0.15, -0.1) is 0 Å². The van der Waals surface area contributed by atoms with Crippen molar-refractivity contribution in [3.8, 4) is 0 Å². The molecule has 1 amide bonds. The molecule has 1 aliphatic rings. The van der Waals surface area contributed by atoms with Crippen molar-refractivity contribution in [3.63, 3.8) is 0 Å². The van der Waals surface area contributed by atoms with Crippen molar-refractivity contribution in [2.45, 2.75) is 30.2 Å². The van der Waals surface area contributed by atoms with Crippen LogP contribution in [0.5, 0.6) is 0 Å². The van der Waals surface area contributed by atoms with Crippen LogP contribution in [-0.4, -0.2) is 37.6 Å². The number of sulfonamides is 1. The van der Waals surface area contributed by atoms with Gasteiger partial charge in [-0.3, -0.25) is 4.79 Å². The standard InChI is InChI=1S/C18H20F3N3O4S/c1-17(9-28-10-17)23-29(26,27)12-7-15(24(3)8-12)16(25)22-11-4-5-14(19)13(6-11)18(2,20)21/h4-8,23H,9-10H2,1-3H3,(H,22,25). The summed E-state index contributed by atoms with van der Waals surface area (Å²) in [5.74, 6) is -5.25. The number of nitrogens with one attached hydrogen (secondary N) is 2. The van der Waals surface area contributed by atoms with Crippen LogP contribution in [0.4, 0.5) is 18.9 Å². The molecule has 1 aliphatic heterocycles. The minimum Gasteiger partial charge on any atom is -0.377 e. The second-order valence-electron chi connectivity index (χ2n) is 7.37. The Kier molecular flexibility index (Phi) is 5.26. The van der Waals surface area contributed by atoms with Crippen molar-refractivity contribution in [2.24, 2.45) is 7.05 Å². The molecule has 0 bridgehead atoms. The molecule has 0 saturated carbocycles. The minimum atomic E-state index is -3.90. The van der Waals surface area contributed by atoms with Gasteiger partial charge in [0, 0.05) is 25.9 Å². The summed E-state index contributed by atoms with van der Waals surface area (Å²) in [4.78, 5) is 12.4. The van der Waals surface area contributed by atoms with E-state index in [1.54, 1.807) is 6.92 Å². The van der Waals surface area contributed by atoms with E-state index in [9.17, 15) is 26.4 Å². The lowest BCUT2D eigenvalue weighted by Gasteiger charge is -2.38. The number of amides is 1. The van der Waals surface area contributed by atoms with Gasteiger partial charge in [0.2, 0.25) is 10.0 Å². The Labute approximate surface area is 165 Å². The highest BCUT2D eigenvalue weighted by Crippen LogP contribution is 2.31. The molecule has 7 nitrogen and oxygen atoms in total. The van der Waals surface area contributed by atoms with Gasteiger partial charge < -0.3 is 14.6 Å². The van der Waals surface area contributed by atoms with Crippen molar-refractivity contribution in [3.05, 3.63) is 47.5 Å². The molecule has 0 radical (unpaired) electrons. The van der Waals surface area contributed by atoms with Gasteiger partial charge in [-0.2, -0.15) is 0 Å². The first kappa shape index (κ1) is 21.3. The van der Waals surface area contributed by atoms with Crippen LogP contribution in [-0.2, 0) is 27.7 Å². The zero-order chi connectivity index (χ0) is 21.6. The van der Waals surface area contributed by atoms with Crippen LogP contribution in [0.3, 0.4) is 0 Å². The number of rotatable bonds is 6.